The average molecular weight is 820 g/mol. The summed E-state index contributed by atoms with van der Waals surface area (Å²) in [5.41, 5.74) is 0. The second kappa shape index (κ2) is 46.7. The molecule has 6 heteroatoms. The minimum Gasteiger partial charge on any atom is -0.462 e. The van der Waals surface area contributed by atoms with E-state index in [2.05, 4.69) is 38.2 Å². The van der Waals surface area contributed by atoms with Gasteiger partial charge in [0.15, 0.2) is 0 Å². The van der Waals surface area contributed by atoms with E-state index in [-0.39, 0.29) is 24.9 Å². The van der Waals surface area contributed by atoms with Crippen LogP contribution in [0.5, 0.6) is 0 Å². The predicted molar refractivity (Wildman–Crippen MR) is 250 cm³/mol. The molecule has 3 N–H and O–H groups in total. The lowest BCUT2D eigenvalue weighted by atomic mass is 10.0. The van der Waals surface area contributed by atoms with E-state index in [1.54, 1.807) is 0 Å². The van der Waals surface area contributed by atoms with Gasteiger partial charge in [-0.25, -0.2) is 0 Å². The minimum atomic E-state index is -0.782. The summed E-state index contributed by atoms with van der Waals surface area (Å²) in [4.78, 5) is 26.1. The summed E-state index contributed by atoms with van der Waals surface area (Å²) in [5, 5.41) is 23.7. The number of rotatable bonds is 47. The largest absolute Gasteiger partial charge is 0.462 e. The highest BCUT2D eigenvalue weighted by Crippen LogP contribution is 2.18. The van der Waals surface area contributed by atoms with Gasteiger partial charge in [-0.3, -0.25) is 9.59 Å². The Morgan fingerprint density at radius 2 is 0.828 bits per heavy atom. The molecule has 0 saturated heterocycles. The molecular weight excluding hydrogens is 719 g/mol. The Morgan fingerprint density at radius 3 is 1.22 bits per heavy atom. The van der Waals surface area contributed by atoms with Gasteiger partial charge in [-0.05, 0) is 51.4 Å². The van der Waals surface area contributed by atoms with Crippen LogP contribution in [0.3, 0.4) is 0 Å². The van der Waals surface area contributed by atoms with E-state index < -0.39 is 18.2 Å². The molecule has 6 nitrogen and oxygen atoms in total. The van der Waals surface area contributed by atoms with Gasteiger partial charge >= 0.3 is 5.97 Å². The SMILES string of the molecule is CCCCCCCCCCC/C=C/CCCCCCCC(=O)OC(CCCCCCCCCCC)CC(=O)NC(CO)C(O)CCCCCCCCCCCCCC. The molecule has 3 atom stereocenters. The molecular formula is C52H101NO5. The van der Waals surface area contributed by atoms with Gasteiger partial charge in [0.05, 0.1) is 25.2 Å². The molecule has 0 bridgehead atoms. The van der Waals surface area contributed by atoms with E-state index in [0.717, 1.165) is 51.4 Å². The Kier molecular flexibility index (Phi) is 45.5. The van der Waals surface area contributed by atoms with Gasteiger partial charge in [0.25, 0.3) is 0 Å². The third-order valence-corrected chi connectivity index (χ3v) is 12.1. The number of carbonyl (C=O) groups is 2. The highest BCUT2D eigenvalue weighted by atomic mass is 16.5. The molecule has 1 amide bonds. The van der Waals surface area contributed by atoms with E-state index in [1.807, 2.05) is 0 Å². The Hall–Kier alpha value is -1.40. The van der Waals surface area contributed by atoms with Crippen LogP contribution in [0, 0.1) is 0 Å². The quantitative estimate of drug-likeness (QED) is 0.0323. The number of aliphatic hydroxyl groups excluding tert-OH is 2. The number of aliphatic hydroxyl groups is 2. The maximum absolute atomic E-state index is 13.1. The second-order valence-corrected chi connectivity index (χ2v) is 17.9. The fourth-order valence-corrected chi connectivity index (χ4v) is 8.13. The fraction of sp³-hybridized carbons (Fsp3) is 0.923. The summed E-state index contributed by atoms with van der Waals surface area (Å²) in [6.45, 7) is 6.48. The van der Waals surface area contributed by atoms with Crippen molar-refractivity contribution in [3.63, 3.8) is 0 Å². The lowest BCUT2D eigenvalue weighted by Crippen LogP contribution is -2.46. The van der Waals surface area contributed by atoms with Crippen molar-refractivity contribution in [3.8, 4) is 0 Å². The number of allylic oxidation sites excluding steroid dienone is 2. The van der Waals surface area contributed by atoms with Gasteiger partial charge in [-0.2, -0.15) is 0 Å². The fourth-order valence-electron chi connectivity index (χ4n) is 8.13. The molecule has 0 aliphatic carbocycles. The third-order valence-electron chi connectivity index (χ3n) is 12.1. The summed E-state index contributed by atoms with van der Waals surface area (Å²) in [7, 11) is 0. The van der Waals surface area contributed by atoms with Crippen LogP contribution in [0.25, 0.3) is 0 Å². The summed E-state index contributed by atoms with van der Waals surface area (Å²) >= 11 is 0. The van der Waals surface area contributed by atoms with Gasteiger partial charge in [-0.1, -0.05) is 232 Å². The molecule has 0 aliphatic heterocycles. The third kappa shape index (κ3) is 41.3. The van der Waals surface area contributed by atoms with Crippen molar-refractivity contribution in [2.45, 2.75) is 302 Å². The molecule has 344 valence electrons. The first-order valence-corrected chi connectivity index (χ1v) is 25.9. The molecule has 0 heterocycles. The van der Waals surface area contributed by atoms with Crippen molar-refractivity contribution >= 4 is 11.9 Å². The Labute approximate surface area is 361 Å². The van der Waals surface area contributed by atoms with E-state index in [0.29, 0.717) is 19.3 Å². The van der Waals surface area contributed by atoms with Crippen LogP contribution in [-0.4, -0.2) is 46.9 Å². The van der Waals surface area contributed by atoms with Crippen molar-refractivity contribution in [1.82, 2.24) is 5.32 Å². The summed E-state index contributed by atoms with van der Waals surface area (Å²) < 4.78 is 5.92. The van der Waals surface area contributed by atoms with E-state index in [4.69, 9.17) is 4.74 Å². The van der Waals surface area contributed by atoms with Crippen LogP contribution in [0.1, 0.15) is 284 Å². The normalized spacial score (nSPS) is 13.3. The highest BCUT2D eigenvalue weighted by molar-refractivity contribution is 5.77. The number of nitrogens with one attached hydrogen (secondary N) is 1. The molecule has 0 aromatic heterocycles. The van der Waals surface area contributed by atoms with Crippen molar-refractivity contribution in [3.05, 3.63) is 12.2 Å². The van der Waals surface area contributed by atoms with Crippen molar-refractivity contribution in [2.75, 3.05) is 6.61 Å². The first-order valence-electron chi connectivity index (χ1n) is 25.9. The Balaban J connectivity index is 4.42. The van der Waals surface area contributed by atoms with Gasteiger partial charge in [0.2, 0.25) is 5.91 Å². The highest BCUT2D eigenvalue weighted by Gasteiger charge is 2.24. The van der Waals surface area contributed by atoms with E-state index in [1.165, 1.54) is 186 Å². The zero-order valence-electron chi connectivity index (χ0n) is 39.2. The maximum Gasteiger partial charge on any atom is 0.306 e. The van der Waals surface area contributed by atoms with E-state index in [9.17, 15) is 19.8 Å². The predicted octanol–water partition coefficient (Wildman–Crippen LogP) is 15.3. The number of hydrogen-bond donors (Lipinski definition) is 3. The van der Waals surface area contributed by atoms with Gasteiger partial charge < -0.3 is 20.3 Å². The first kappa shape index (κ1) is 56.6. The van der Waals surface area contributed by atoms with Crippen molar-refractivity contribution in [2.24, 2.45) is 0 Å². The van der Waals surface area contributed by atoms with Crippen LogP contribution in [-0.2, 0) is 14.3 Å². The average Bonchev–Trinajstić information content (AvgIpc) is 3.22. The topological polar surface area (TPSA) is 95.9 Å². The molecule has 0 spiro atoms. The van der Waals surface area contributed by atoms with Crippen molar-refractivity contribution in [1.29, 1.82) is 0 Å². The number of ether oxygens (including phenoxy) is 1. The van der Waals surface area contributed by atoms with Crippen LogP contribution in [0.15, 0.2) is 12.2 Å². The number of hydrogen-bond acceptors (Lipinski definition) is 5. The summed E-state index contributed by atoms with van der Waals surface area (Å²) in [6.07, 6.45) is 51.3. The molecule has 0 aliphatic rings. The number of esters is 1. The molecule has 0 saturated carbocycles. The van der Waals surface area contributed by atoms with Crippen LogP contribution >= 0.6 is 0 Å². The van der Waals surface area contributed by atoms with E-state index >= 15 is 0 Å². The van der Waals surface area contributed by atoms with Crippen molar-refractivity contribution < 1.29 is 24.5 Å². The zero-order chi connectivity index (χ0) is 42.4. The monoisotopic (exact) mass is 820 g/mol. The number of unbranched alkanes of at least 4 members (excludes halogenated alkanes) is 33. The summed E-state index contributed by atoms with van der Waals surface area (Å²) in [6, 6.07) is -0.695. The molecule has 0 fully saturated rings. The molecule has 0 aromatic carbocycles. The zero-order valence-corrected chi connectivity index (χ0v) is 39.2. The maximum atomic E-state index is 13.1. The van der Waals surface area contributed by atoms with Crippen LogP contribution in [0.4, 0.5) is 0 Å². The first-order chi connectivity index (χ1) is 28.5. The van der Waals surface area contributed by atoms with Gasteiger partial charge in [0, 0.05) is 6.42 Å². The molecule has 0 rings (SSSR count). The minimum absolute atomic E-state index is 0.0806. The molecule has 0 aromatic rings. The van der Waals surface area contributed by atoms with Crippen LogP contribution < -0.4 is 5.32 Å². The Bertz CT molecular complexity index is 878. The standard InChI is InChI=1S/C52H101NO5/c1-4-7-10-13-16-19-21-23-24-25-26-27-28-30-33-36-39-42-45-52(57)58-48(43-40-37-34-31-18-15-12-9-6-3)46-51(56)53-49(47-54)50(55)44-41-38-35-32-29-22-20-17-14-11-8-5-2/h26-27,48-50,54-55H,4-25,28-47H2,1-3H3,(H,53,56)/b27-26+. The lowest BCUT2D eigenvalue weighted by molar-refractivity contribution is -0.151. The van der Waals surface area contributed by atoms with Gasteiger partial charge in [0.1, 0.15) is 6.10 Å². The Morgan fingerprint density at radius 1 is 0.483 bits per heavy atom. The molecule has 3 unspecified atom stereocenters. The smallest absolute Gasteiger partial charge is 0.306 e. The van der Waals surface area contributed by atoms with Crippen LogP contribution in [0.2, 0.25) is 0 Å². The number of carbonyl (C=O) groups excluding carboxylic acids is 2. The summed E-state index contributed by atoms with van der Waals surface area (Å²) in [5.74, 6) is -0.470. The molecule has 58 heavy (non-hydrogen) atoms. The lowest BCUT2D eigenvalue weighted by Gasteiger charge is -2.24. The molecule has 0 radical (unpaired) electrons. The second-order valence-electron chi connectivity index (χ2n) is 17.9. The number of amides is 1. The van der Waals surface area contributed by atoms with Gasteiger partial charge in [-0.15, -0.1) is 0 Å².